The lowest BCUT2D eigenvalue weighted by molar-refractivity contribution is -0.140. The zero-order valence-corrected chi connectivity index (χ0v) is 16.5. The van der Waals surface area contributed by atoms with Gasteiger partial charge in [0, 0.05) is 12.8 Å². The zero-order chi connectivity index (χ0) is 21.1. The number of nitrogens with one attached hydrogen (secondary N) is 1. The summed E-state index contributed by atoms with van der Waals surface area (Å²) < 4.78 is 44.0. The van der Waals surface area contributed by atoms with Crippen LogP contribution in [-0.2, 0) is 14.3 Å². The van der Waals surface area contributed by atoms with Gasteiger partial charge in [0.15, 0.2) is 17.3 Å². The molecule has 1 saturated carbocycles. The third kappa shape index (κ3) is 4.10. The van der Waals surface area contributed by atoms with E-state index in [0.29, 0.717) is 17.3 Å². The largest absolute Gasteiger partial charge is 0.493 e. The van der Waals surface area contributed by atoms with E-state index < -0.39 is 23.5 Å². The number of carbonyl (C=O) groups is 1. The SMILES string of the molecule is [C-]#[N+]C1=C(C)NC(COC)=C(C(=O)OCC2CC2)C1c1ccc(F)c(F)c1OC. The first-order chi connectivity index (χ1) is 13.9. The summed E-state index contributed by atoms with van der Waals surface area (Å²) in [5.74, 6) is -3.86. The Balaban J connectivity index is 2.16. The van der Waals surface area contributed by atoms with Crippen LogP contribution in [0.4, 0.5) is 8.78 Å². The van der Waals surface area contributed by atoms with Crippen LogP contribution < -0.4 is 10.1 Å². The Hall–Kier alpha value is -2.92. The van der Waals surface area contributed by atoms with E-state index in [-0.39, 0.29) is 35.8 Å². The number of allylic oxidation sites excluding steroid dienone is 2. The van der Waals surface area contributed by atoms with Crippen LogP contribution in [-0.4, -0.2) is 33.4 Å². The Morgan fingerprint density at radius 2 is 2.03 bits per heavy atom. The van der Waals surface area contributed by atoms with Gasteiger partial charge in [0.25, 0.3) is 0 Å². The molecule has 0 aromatic heterocycles. The average Bonchev–Trinajstić information content (AvgIpc) is 3.52. The van der Waals surface area contributed by atoms with Crippen molar-refractivity contribution < 1.29 is 27.8 Å². The van der Waals surface area contributed by atoms with Gasteiger partial charge in [-0.05, 0) is 37.3 Å². The van der Waals surface area contributed by atoms with Gasteiger partial charge in [-0.15, -0.1) is 0 Å². The van der Waals surface area contributed by atoms with Crippen molar-refractivity contribution in [1.29, 1.82) is 0 Å². The molecule has 0 saturated heterocycles. The minimum Gasteiger partial charge on any atom is -0.493 e. The quantitative estimate of drug-likeness (QED) is 0.555. The number of dihydropyridines is 1. The second-order valence-electron chi connectivity index (χ2n) is 7.03. The topological polar surface area (TPSA) is 61.2 Å². The van der Waals surface area contributed by atoms with Crippen LogP contribution in [0.2, 0.25) is 0 Å². The highest BCUT2D eigenvalue weighted by molar-refractivity contribution is 5.93. The Morgan fingerprint density at radius 1 is 1.31 bits per heavy atom. The fourth-order valence-corrected chi connectivity index (χ4v) is 3.37. The molecular formula is C21H22F2N2O4. The lowest BCUT2D eigenvalue weighted by Crippen LogP contribution is -2.31. The van der Waals surface area contributed by atoms with Crippen molar-refractivity contribution in [3.63, 3.8) is 0 Å². The first kappa shape index (κ1) is 20.8. The molecule has 0 bridgehead atoms. The fraction of sp³-hybridized carbons (Fsp3) is 0.429. The summed E-state index contributed by atoms with van der Waals surface area (Å²) in [4.78, 5) is 16.6. The van der Waals surface area contributed by atoms with Gasteiger partial charge in [-0.2, -0.15) is 4.39 Å². The Kier molecular flexibility index (Phi) is 6.18. The van der Waals surface area contributed by atoms with E-state index in [9.17, 15) is 13.6 Å². The predicted molar refractivity (Wildman–Crippen MR) is 101 cm³/mol. The molecule has 3 rings (SSSR count). The van der Waals surface area contributed by atoms with Gasteiger partial charge in [-0.1, -0.05) is 6.07 Å². The fourth-order valence-electron chi connectivity index (χ4n) is 3.37. The molecule has 8 heteroatoms. The van der Waals surface area contributed by atoms with Crippen molar-refractivity contribution in [1.82, 2.24) is 5.32 Å². The van der Waals surface area contributed by atoms with E-state index in [1.165, 1.54) is 20.3 Å². The molecule has 1 N–H and O–H groups in total. The van der Waals surface area contributed by atoms with Crippen molar-refractivity contribution in [3.8, 4) is 5.75 Å². The Morgan fingerprint density at radius 3 is 2.62 bits per heavy atom. The molecule has 2 aliphatic rings. The summed E-state index contributed by atoms with van der Waals surface area (Å²) in [6, 6.07) is 2.28. The second kappa shape index (κ2) is 8.62. The maximum Gasteiger partial charge on any atom is 0.335 e. The van der Waals surface area contributed by atoms with Crippen LogP contribution in [0.1, 0.15) is 31.2 Å². The molecule has 1 heterocycles. The standard InChI is InChI=1S/C21H22F2N2O4/c1-11-19(24-2)16(13-7-8-14(22)18(23)20(13)28-4)17(15(25-11)10-27-3)21(26)29-9-12-5-6-12/h7-8,12,16,25H,5-6,9-10H2,1,3-4H3. The van der Waals surface area contributed by atoms with E-state index in [1.807, 2.05) is 0 Å². The average molecular weight is 404 g/mol. The normalized spacial score (nSPS) is 19.0. The van der Waals surface area contributed by atoms with Gasteiger partial charge in [0.05, 0.1) is 44.1 Å². The lowest BCUT2D eigenvalue weighted by Gasteiger charge is -2.30. The first-order valence-electron chi connectivity index (χ1n) is 9.19. The molecule has 1 aliphatic carbocycles. The number of hydrogen-bond acceptors (Lipinski definition) is 5. The molecule has 6 nitrogen and oxygen atoms in total. The number of benzene rings is 1. The van der Waals surface area contributed by atoms with Gasteiger partial charge in [-0.3, -0.25) is 0 Å². The van der Waals surface area contributed by atoms with Crippen molar-refractivity contribution in [2.24, 2.45) is 5.92 Å². The zero-order valence-electron chi connectivity index (χ0n) is 16.5. The van der Waals surface area contributed by atoms with E-state index in [4.69, 9.17) is 20.8 Å². The molecule has 154 valence electrons. The number of carbonyl (C=O) groups excluding carboxylic acids is 1. The minimum atomic E-state index is -1.18. The summed E-state index contributed by atoms with van der Waals surface area (Å²) in [7, 11) is 2.68. The first-order valence-corrected chi connectivity index (χ1v) is 9.19. The van der Waals surface area contributed by atoms with Crippen LogP contribution in [0.3, 0.4) is 0 Å². The molecule has 1 aromatic rings. The van der Waals surface area contributed by atoms with Crippen molar-refractivity contribution >= 4 is 5.97 Å². The Bertz CT molecular complexity index is 929. The van der Waals surface area contributed by atoms with E-state index in [0.717, 1.165) is 18.9 Å². The highest BCUT2D eigenvalue weighted by Crippen LogP contribution is 2.44. The number of esters is 1. The maximum absolute atomic E-state index is 14.4. The summed E-state index contributed by atoms with van der Waals surface area (Å²) in [5, 5.41) is 3.03. The van der Waals surface area contributed by atoms with Gasteiger partial charge in [-0.25, -0.2) is 14.0 Å². The summed E-state index contributed by atoms with van der Waals surface area (Å²) in [5.41, 5.74) is 1.38. The van der Waals surface area contributed by atoms with Crippen LogP contribution >= 0.6 is 0 Å². The monoisotopic (exact) mass is 404 g/mol. The Labute approximate surface area is 168 Å². The minimum absolute atomic E-state index is 0.0545. The number of rotatable bonds is 7. The molecule has 0 amide bonds. The van der Waals surface area contributed by atoms with E-state index in [1.54, 1.807) is 6.92 Å². The van der Waals surface area contributed by atoms with Crippen LogP contribution in [0.15, 0.2) is 34.8 Å². The number of hydrogen-bond donors (Lipinski definition) is 1. The van der Waals surface area contributed by atoms with E-state index in [2.05, 4.69) is 10.2 Å². The molecule has 1 fully saturated rings. The third-order valence-corrected chi connectivity index (χ3v) is 4.98. The maximum atomic E-state index is 14.4. The molecule has 0 spiro atoms. The summed E-state index contributed by atoms with van der Waals surface area (Å²) in [6.45, 7) is 9.63. The van der Waals surface area contributed by atoms with Gasteiger partial charge in [0.2, 0.25) is 5.82 Å². The molecular weight excluding hydrogens is 382 g/mol. The molecule has 1 aliphatic heterocycles. The second-order valence-corrected chi connectivity index (χ2v) is 7.03. The third-order valence-electron chi connectivity index (χ3n) is 4.98. The highest BCUT2D eigenvalue weighted by atomic mass is 19.2. The predicted octanol–water partition coefficient (Wildman–Crippen LogP) is 3.66. The molecule has 1 aromatic carbocycles. The number of methoxy groups -OCH3 is 2. The smallest absolute Gasteiger partial charge is 0.335 e. The number of nitrogens with zero attached hydrogens (tertiary/aromatic N) is 1. The van der Waals surface area contributed by atoms with Crippen LogP contribution in [0, 0.1) is 24.1 Å². The summed E-state index contributed by atoms with van der Waals surface area (Å²) in [6.07, 6.45) is 2.00. The highest BCUT2D eigenvalue weighted by Gasteiger charge is 2.39. The van der Waals surface area contributed by atoms with Gasteiger partial charge >= 0.3 is 5.97 Å². The molecule has 1 atom stereocenters. The number of ether oxygens (including phenoxy) is 3. The molecule has 0 radical (unpaired) electrons. The van der Waals surface area contributed by atoms with Gasteiger partial charge < -0.3 is 19.5 Å². The molecule has 1 unspecified atom stereocenters. The van der Waals surface area contributed by atoms with Crippen molar-refractivity contribution in [2.45, 2.75) is 25.7 Å². The van der Waals surface area contributed by atoms with Crippen molar-refractivity contribution in [3.05, 3.63) is 63.4 Å². The van der Waals surface area contributed by atoms with Crippen molar-refractivity contribution in [2.75, 3.05) is 27.4 Å². The lowest BCUT2D eigenvalue weighted by atomic mass is 9.83. The number of halogens is 2. The molecule has 29 heavy (non-hydrogen) atoms. The van der Waals surface area contributed by atoms with Crippen LogP contribution in [0.5, 0.6) is 5.75 Å². The van der Waals surface area contributed by atoms with E-state index >= 15 is 0 Å². The van der Waals surface area contributed by atoms with Gasteiger partial charge in [0.1, 0.15) is 0 Å². The van der Waals surface area contributed by atoms with Crippen LogP contribution in [0.25, 0.3) is 4.85 Å². The summed E-state index contributed by atoms with van der Waals surface area (Å²) >= 11 is 0.